The van der Waals surface area contributed by atoms with Gasteiger partial charge in [0.1, 0.15) is 11.5 Å². The number of ether oxygens (including phenoxy) is 1. The van der Waals surface area contributed by atoms with E-state index in [4.69, 9.17) is 11.2 Å². The predicted molar refractivity (Wildman–Crippen MR) is 82.7 cm³/mol. The van der Waals surface area contributed by atoms with Crippen LogP contribution in [0.3, 0.4) is 0 Å². The van der Waals surface area contributed by atoms with Gasteiger partial charge in [-0.15, -0.1) is 6.42 Å². The van der Waals surface area contributed by atoms with Gasteiger partial charge in [-0.2, -0.15) is 0 Å². The number of sulfone groups is 1. The molecule has 0 aliphatic rings. The molecule has 0 bridgehead atoms. The van der Waals surface area contributed by atoms with E-state index >= 15 is 0 Å². The van der Waals surface area contributed by atoms with Crippen molar-refractivity contribution in [2.45, 2.75) is 32.6 Å². The van der Waals surface area contributed by atoms with Crippen molar-refractivity contribution in [2.24, 2.45) is 0 Å². The molecular formula is C16H22O3S. The van der Waals surface area contributed by atoms with Gasteiger partial charge in [0.25, 0.3) is 0 Å². The monoisotopic (exact) mass is 294 g/mol. The van der Waals surface area contributed by atoms with Gasteiger partial charge in [-0.3, -0.25) is 0 Å². The Balaban J connectivity index is 2.42. The Hall–Kier alpha value is -1.47. The lowest BCUT2D eigenvalue weighted by Gasteiger charge is -2.19. The van der Waals surface area contributed by atoms with E-state index in [2.05, 4.69) is 26.7 Å². The molecule has 1 aromatic carbocycles. The number of hydrogen-bond acceptors (Lipinski definition) is 3. The molecule has 0 radical (unpaired) electrons. The minimum atomic E-state index is -3.13. The van der Waals surface area contributed by atoms with Gasteiger partial charge >= 0.3 is 0 Å². The summed E-state index contributed by atoms with van der Waals surface area (Å²) >= 11 is 0. The van der Waals surface area contributed by atoms with Crippen LogP contribution in [0.25, 0.3) is 0 Å². The zero-order valence-electron chi connectivity index (χ0n) is 12.3. The lowest BCUT2D eigenvalue weighted by Crippen LogP contribution is -2.13. The first-order valence-corrected chi connectivity index (χ1v) is 8.44. The molecule has 3 nitrogen and oxygen atoms in total. The van der Waals surface area contributed by atoms with Crippen LogP contribution in [0.15, 0.2) is 24.3 Å². The first-order chi connectivity index (χ1) is 9.24. The van der Waals surface area contributed by atoms with E-state index in [1.807, 2.05) is 24.3 Å². The number of terminal acetylenes is 1. The van der Waals surface area contributed by atoms with Crippen molar-refractivity contribution >= 4 is 9.84 Å². The Morgan fingerprint density at radius 1 is 1.20 bits per heavy atom. The fourth-order valence-electron chi connectivity index (χ4n) is 1.72. The van der Waals surface area contributed by atoms with Gasteiger partial charge in [0, 0.05) is 0 Å². The number of benzene rings is 1. The highest BCUT2D eigenvalue weighted by Crippen LogP contribution is 2.24. The van der Waals surface area contributed by atoms with Crippen molar-refractivity contribution in [3.8, 4) is 18.1 Å². The smallest absolute Gasteiger partial charge is 0.161 e. The molecular weight excluding hydrogens is 272 g/mol. The lowest BCUT2D eigenvalue weighted by molar-refractivity contribution is 0.317. The predicted octanol–water partition coefficient (Wildman–Crippen LogP) is 2.80. The molecule has 20 heavy (non-hydrogen) atoms. The maximum absolute atomic E-state index is 11.4. The van der Waals surface area contributed by atoms with Crippen molar-refractivity contribution in [3.05, 3.63) is 29.8 Å². The van der Waals surface area contributed by atoms with Crippen molar-refractivity contribution in [3.63, 3.8) is 0 Å². The van der Waals surface area contributed by atoms with Gasteiger partial charge in [-0.05, 0) is 29.5 Å². The van der Waals surface area contributed by atoms with Gasteiger partial charge in [-0.1, -0.05) is 38.8 Å². The molecule has 4 heteroatoms. The fourth-order valence-corrected chi connectivity index (χ4v) is 2.68. The molecule has 0 amide bonds. The Morgan fingerprint density at radius 2 is 1.80 bits per heavy atom. The number of hydrogen-bond donors (Lipinski definition) is 0. The fraction of sp³-hybridized carbons (Fsp3) is 0.500. The third-order valence-electron chi connectivity index (χ3n) is 2.89. The minimum Gasteiger partial charge on any atom is -0.494 e. The van der Waals surface area contributed by atoms with Crippen molar-refractivity contribution in [1.29, 1.82) is 0 Å². The summed E-state index contributed by atoms with van der Waals surface area (Å²) < 4.78 is 28.3. The third-order valence-corrected chi connectivity index (χ3v) is 4.41. The zero-order chi connectivity index (χ0) is 15.2. The molecule has 0 atom stereocenters. The average Bonchev–Trinajstić information content (AvgIpc) is 2.34. The lowest BCUT2D eigenvalue weighted by atomic mass is 9.87. The highest BCUT2D eigenvalue weighted by atomic mass is 32.2. The van der Waals surface area contributed by atoms with Gasteiger partial charge in [0.05, 0.1) is 12.4 Å². The topological polar surface area (TPSA) is 43.4 Å². The molecule has 0 heterocycles. The van der Waals surface area contributed by atoms with Crippen LogP contribution in [0.4, 0.5) is 0 Å². The second kappa shape index (κ2) is 6.81. The zero-order valence-corrected chi connectivity index (χ0v) is 13.2. The van der Waals surface area contributed by atoms with Crippen LogP contribution in [0.1, 0.15) is 32.8 Å². The van der Waals surface area contributed by atoms with Gasteiger partial charge < -0.3 is 4.74 Å². The molecule has 0 aliphatic carbocycles. The summed E-state index contributed by atoms with van der Waals surface area (Å²) in [5.41, 5.74) is 1.35. The maximum Gasteiger partial charge on any atom is 0.161 e. The summed E-state index contributed by atoms with van der Waals surface area (Å²) in [6.07, 6.45) is 5.45. The normalized spacial score (nSPS) is 11.9. The number of rotatable bonds is 6. The van der Waals surface area contributed by atoms with Crippen molar-refractivity contribution in [2.75, 3.05) is 18.1 Å². The van der Waals surface area contributed by atoms with E-state index in [-0.39, 0.29) is 16.9 Å². The quantitative estimate of drug-likeness (QED) is 0.598. The highest BCUT2D eigenvalue weighted by molar-refractivity contribution is 7.91. The summed E-state index contributed by atoms with van der Waals surface area (Å²) in [6.45, 7) is 6.83. The van der Waals surface area contributed by atoms with E-state index in [1.54, 1.807) is 0 Å². The standard InChI is InChI=1S/C16H22O3S/c1-5-12-20(17,18)13-6-11-19-15-9-7-14(8-10-15)16(2,3)4/h1,7-10H,6,11-13H2,2-4H3. The van der Waals surface area contributed by atoms with E-state index in [9.17, 15) is 8.42 Å². The molecule has 0 saturated heterocycles. The molecule has 0 saturated carbocycles. The van der Waals surface area contributed by atoms with Crippen molar-refractivity contribution in [1.82, 2.24) is 0 Å². The van der Waals surface area contributed by atoms with E-state index in [0.29, 0.717) is 13.0 Å². The van der Waals surface area contributed by atoms with Crippen LogP contribution in [0.2, 0.25) is 0 Å². The molecule has 1 aromatic rings. The summed E-state index contributed by atoms with van der Waals surface area (Å²) in [6, 6.07) is 7.89. The van der Waals surface area contributed by atoms with Gasteiger partial charge in [-0.25, -0.2) is 8.42 Å². The summed E-state index contributed by atoms with van der Waals surface area (Å²) in [5, 5.41) is 0. The van der Waals surface area contributed by atoms with Gasteiger partial charge in [0.15, 0.2) is 9.84 Å². The minimum absolute atomic E-state index is 0.0667. The first-order valence-electron chi connectivity index (χ1n) is 6.62. The summed E-state index contributed by atoms with van der Waals surface area (Å²) in [5.74, 6) is 2.78. The second-order valence-electron chi connectivity index (χ2n) is 5.77. The Labute approximate surface area is 122 Å². The summed E-state index contributed by atoms with van der Waals surface area (Å²) in [4.78, 5) is 0. The van der Waals surface area contributed by atoms with E-state index in [1.165, 1.54) is 5.56 Å². The molecule has 0 aliphatic heterocycles. The second-order valence-corrected chi connectivity index (χ2v) is 7.96. The van der Waals surface area contributed by atoms with Crippen LogP contribution in [0.5, 0.6) is 5.75 Å². The third kappa shape index (κ3) is 5.66. The largest absolute Gasteiger partial charge is 0.494 e. The SMILES string of the molecule is C#CCS(=O)(=O)CCCOc1ccc(C(C)(C)C)cc1. The van der Waals surface area contributed by atoms with E-state index in [0.717, 1.165) is 5.75 Å². The first kappa shape index (κ1) is 16.6. The van der Waals surface area contributed by atoms with Crippen LogP contribution in [0, 0.1) is 12.3 Å². The molecule has 0 spiro atoms. The molecule has 0 fully saturated rings. The molecule has 0 N–H and O–H groups in total. The van der Waals surface area contributed by atoms with Crippen LogP contribution in [-0.2, 0) is 15.3 Å². The van der Waals surface area contributed by atoms with E-state index < -0.39 is 9.84 Å². The van der Waals surface area contributed by atoms with Gasteiger partial charge in [0.2, 0.25) is 0 Å². The highest BCUT2D eigenvalue weighted by Gasteiger charge is 2.13. The molecule has 0 aromatic heterocycles. The molecule has 0 unspecified atom stereocenters. The average molecular weight is 294 g/mol. The molecule has 110 valence electrons. The molecule has 1 rings (SSSR count). The Bertz CT molecular complexity index is 557. The van der Waals surface area contributed by atoms with Crippen LogP contribution < -0.4 is 4.74 Å². The van der Waals surface area contributed by atoms with Crippen LogP contribution >= 0.6 is 0 Å². The van der Waals surface area contributed by atoms with Crippen LogP contribution in [-0.4, -0.2) is 26.5 Å². The van der Waals surface area contributed by atoms with Crippen molar-refractivity contribution < 1.29 is 13.2 Å². The Kier molecular flexibility index (Phi) is 5.64. The maximum atomic E-state index is 11.4. The Morgan fingerprint density at radius 3 is 2.30 bits per heavy atom. The summed E-state index contributed by atoms with van der Waals surface area (Å²) in [7, 11) is -3.13.